The van der Waals surface area contributed by atoms with E-state index in [1.807, 2.05) is 43.3 Å². The highest BCUT2D eigenvalue weighted by atomic mass is 16.5. The molecule has 1 aromatic carbocycles. The summed E-state index contributed by atoms with van der Waals surface area (Å²) < 4.78 is 5.43. The van der Waals surface area contributed by atoms with Crippen LogP contribution in [0.25, 0.3) is 0 Å². The second kappa shape index (κ2) is 12.3. The third-order valence-electron chi connectivity index (χ3n) is 4.98. The van der Waals surface area contributed by atoms with Gasteiger partial charge >= 0.3 is 0 Å². The number of allylic oxidation sites excluding steroid dienone is 2. The highest BCUT2D eigenvalue weighted by Crippen LogP contribution is 2.31. The van der Waals surface area contributed by atoms with Gasteiger partial charge < -0.3 is 4.74 Å². The summed E-state index contributed by atoms with van der Waals surface area (Å²) in [7, 11) is 0. The average molecular weight is 349 g/mol. The van der Waals surface area contributed by atoms with Gasteiger partial charge in [-0.3, -0.25) is 0 Å². The first-order valence-corrected chi connectivity index (χ1v) is 10.2. The smallest absolute Gasteiger partial charge is 0.119 e. The Hall–Kier alpha value is -2.12. The summed E-state index contributed by atoms with van der Waals surface area (Å²) in [6.45, 7) is 4.95. The molecule has 0 aliphatic heterocycles. The summed E-state index contributed by atoms with van der Waals surface area (Å²) in [6, 6.07) is 7.87. The lowest BCUT2D eigenvalue weighted by atomic mass is 9.80. The van der Waals surface area contributed by atoms with E-state index in [9.17, 15) is 0 Å². The Labute approximate surface area is 160 Å². The molecular formula is C25H32O. The van der Waals surface area contributed by atoms with Crippen molar-refractivity contribution in [3.63, 3.8) is 0 Å². The van der Waals surface area contributed by atoms with Gasteiger partial charge in [-0.15, -0.1) is 0 Å². The molecule has 0 spiro atoms. The van der Waals surface area contributed by atoms with Crippen molar-refractivity contribution < 1.29 is 4.74 Å². The molecule has 138 valence electrons. The van der Waals surface area contributed by atoms with Gasteiger partial charge in [-0.05, 0) is 74.9 Å². The van der Waals surface area contributed by atoms with Gasteiger partial charge in [-0.1, -0.05) is 56.3 Å². The van der Waals surface area contributed by atoms with E-state index in [1.54, 1.807) is 0 Å². The van der Waals surface area contributed by atoms with Gasteiger partial charge in [0.05, 0.1) is 6.61 Å². The van der Waals surface area contributed by atoms with E-state index in [-0.39, 0.29) is 0 Å². The van der Waals surface area contributed by atoms with Crippen LogP contribution in [0.4, 0.5) is 0 Å². The average Bonchev–Trinajstić information content (AvgIpc) is 2.67. The fourth-order valence-electron chi connectivity index (χ4n) is 3.45. The maximum Gasteiger partial charge on any atom is 0.119 e. The van der Waals surface area contributed by atoms with E-state index in [0.29, 0.717) is 12.5 Å². The van der Waals surface area contributed by atoms with Crippen LogP contribution in [0, 0.1) is 35.5 Å². The van der Waals surface area contributed by atoms with Crippen molar-refractivity contribution in [2.24, 2.45) is 11.8 Å². The summed E-state index contributed by atoms with van der Waals surface area (Å²) in [6.07, 6.45) is 14.6. The van der Waals surface area contributed by atoms with Crippen LogP contribution in [0.3, 0.4) is 0 Å². The molecule has 1 aliphatic carbocycles. The fraction of sp³-hybridized carbons (Fsp3) is 0.520. The van der Waals surface area contributed by atoms with Crippen LogP contribution < -0.4 is 4.74 Å². The maximum absolute atomic E-state index is 5.43. The Morgan fingerprint density at radius 2 is 1.69 bits per heavy atom. The quantitative estimate of drug-likeness (QED) is 0.428. The molecule has 1 saturated carbocycles. The zero-order valence-corrected chi connectivity index (χ0v) is 16.4. The first-order chi connectivity index (χ1) is 12.8. The van der Waals surface area contributed by atoms with Crippen LogP contribution >= 0.6 is 0 Å². The molecule has 0 amide bonds. The van der Waals surface area contributed by atoms with E-state index in [1.165, 1.54) is 51.4 Å². The van der Waals surface area contributed by atoms with E-state index < -0.39 is 0 Å². The van der Waals surface area contributed by atoms with Crippen molar-refractivity contribution in [3.8, 4) is 29.4 Å². The van der Waals surface area contributed by atoms with E-state index in [0.717, 1.165) is 17.2 Å². The minimum Gasteiger partial charge on any atom is -0.494 e. The molecule has 0 saturated heterocycles. The first-order valence-electron chi connectivity index (χ1n) is 10.2. The monoisotopic (exact) mass is 348 g/mol. The highest BCUT2D eigenvalue weighted by molar-refractivity contribution is 5.40. The number of hydrogen-bond acceptors (Lipinski definition) is 1. The molecule has 0 N–H and O–H groups in total. The van der Waals surface area contributed by atoms with Crippen molar-refractivity contribution in [1.82, 2.24) is 0 Å². The van der Waals surface area contributed by atoms with Crippen molar-refractivity contribution >= 4 is 0 Å². The number of ether oxygens (including phenoxy) is 1. The van der Waals surface area contributed by atoms with Gasteiger partial charge in [0.2, 0.25) is 0 Å². The molecule has 1 aromatic rings. The van der Waals surface area contributed by atoms with Gasteiger partial charge in [-0.2, -0.15) is 0 Å². The molecule has 1 fully saturated rings. The molecule has 0 unspecified atom stereocenters. The number of hydrogen-bond donors (Lipinski definition) is 0. The molecule has 0 radical (unpaired) electrons. The maximum atomic E-state index is 5.43. The molecule has 0 atom stereocenters. The fourth-order valence-corrected chi connectivity index (χ4v) is 3.45. The zero-order chi connectivity index (χ0) is 18.5. The molecular weight excluding hydrogens is 316 g/mol. The lowest BCUT2D eigenvalue weighted by molar-refractivity contribution is 0.294. The second-order valence-electron chi connectivity index (χ2n) is 7.06. The lowest BCUT2D eigenvalue weighted by Crippen LogP contribution is -2.13. The van der Waals surface area contributed by atoms with E-state index in [4.69, 9.17) is 4.74 Å². The van der Waals surface area contributed by atoms with E-state index in [2.05, 4.69) is 30.6 Å². The highest BCUT2D eigenvalue weighted by Gasteiger charge is 2.19. The van der Waals surface area contributed by atoms with Gasteiger partial charge in [0.1, 0.15) is 5.75 Å². The largest absolute Gasteiger partial charge is 0.494 e. The molecule has 1 aliphatic rings. The first kappa shape index (κ1) is 20.2. The van der Waals surface area contributed by atoms with Crippen molar-refractivity contribution in [2.45, 2.75) is 65.2 Å². The summed E-state index contributed by atoms with van der Waals surface area (Å²) in [4.78, 5) is 0. The number of benzene rings is 1. The van der Waals surface area contributed by atoms with Gasteiger partial charge in [0.15, 0.2) is 0 Å². The van der Waals surface area contributed by atoms with Crippen molar-refractivity contribution in [2.75, 3.05) is 6.61 Å². The van der Waals surface area contributed by atoms with E-state index >= 15 is 0 Å². The minimum absolute atomic E-state index is 0.584. The van der Waals surface area contributed by atoms with Gasteiger partial charge in [0, 0.05) is 11.5 Å². The van der Waals surface area contributed by atoms with Crippen LogP contribution in [-0.4, -0.2) is 6.61 Å². The Morgan fingerprint density at radius 3 is 2.38 bits per heavy atom. The van der Waals surface area contributed by atoms with Gasteiger partial charge in [-0.25, -0.2) is 0 Å². The number of rotatable bonds is 6. The second-order valence-corrected chi connectivity index (χ2v) is 7.06. The molecule has 2 rings (SSSR count). The Morgan fingerprint density at radius 1 is 0.962 bits per heavy atom. The van der Waals surface area contributed by atoms with Crippen molar-refractivity contribution in [1.29, 1.82) is 0 Å². The van der Waals surface area contributed by atoms with Crippen molar-refractivity contribution in [3.05, 3.63) is 42.0 Å². The molecule has 1 nitrogen and oxygen atoms in total. The summed E-state index contributed by atoms with van der Waals surface area (Å²) >= 11 is 0. The Balaban J connectivity index is 1.70. The Bertz CT molecular complexity index is 652. The van der Waals surface area contributed by atoms with Crippen LogP contribution in [0.15, 0.2) is 36.4 Å². The molecule has 1 heteroatoms. The number of unbranched alkanes of at least 4 members (excludes halogenated alkanes) is 2. The van der Waals surface area contributed by atoms with Crippen LogP contribution in [0.2, 0.25) is 0 Å². The van der Waals surface area contributed by atoms with Crippen LogP contribution in [0.5, 0.6) is 5.75 Å². The standard InChI is InChI=1S/C25H32O/c1-3-5-8-11-22-14-16-23(17-15-22)12-9-6-7-10-13-24-18-20-25(21-19-24)26-4-2/h6-7,18-23H,3-5,8,11,14-17H2,1-2H3/b7-6+/t22-,23-. The normalized spacial score (nSPS) is 19.3. The molecule has 0 bridgehead atoms. The predicted molar refractivity (Wildman–Crippen MR) is 111 cm³/mol. The topological polar surface area (TPSA) is 9.23 Å². The molecule has 26 heavy (non-hydrogen) atoms. The summed E-state index contributed by atoms with van der Waals surface area (Å²) in [5.41, 5.74) is 0.993. The summed E-state index contributed by atoms with van der Waals surface area (Å²) in [5, 5.41) is 0. The predicted octanol–water partition coefficient (Wildman–Crippen LogP) is 6.38. The lowest BCUT2D eigenvalue weighted by Gasteiger charge is -2.25. The Kier molecular flexibility index (Phi) is 9.53. The zero-order valence-electron chi connectivity index (χ0n) is 16.4. The third-order valence-corrected chi connectivity index (χ3v) is 4.98. The molecule has 0 aromatic heterocycles. The minimum atomic E-state index is 0.584. The van der Waals surface area contributed by atoms with Crippen LogP contribution in [0.1, 0.15) is 70.8 Å². The third kappa shape index (κ3) is 7.84. The van der Waals surface area contributed by atoms with Gasteiger partial charge in [0.25, 0.3) is 0 Å². The summed E-state index contributed by atoms with van der Waals surface area (Å²) in [5.74, 6) is 15.2. The SMILES string of the molecule is CCCCC[C@H]1CC[C@H](C#C/C=C/C#Cc2ccc(OCC)cc2)CC1. The molecule has 0 heterocycles. The van der Waals surface area contributed by atoms with Crippen LogP contribution in [-0.2, 0) is 0 Å².